The molecule has 2 amide bonds. The summed E-state index contributed by atoms with van der Waals surface area (Å²) in [7, 11) is 1.78. The average molecular weight is 316 g/mol. The minimum absolute atomic E-state index is 0.0196. The van der Waals surface area contributed by atoms with Gasteiger partial charge in [0.05, 0.1) is 0 Å². The third-order valence-corrected chi connectivity index (χ3v) is 4.06. The lowest BCUT2D eigenvalue weighted by Crippen LogP contribution is -2.31. The van der Waals surface area contributed by atoms with E-state index >= 15 is 0 Å². The molecule has 0 saturated carbocycles. The minimum atomic E-state index is -0.129. The largest absolute Gasteiger partial charge is 0.351 e. The van der Waals surface area contributed by atoms with Gasteiger partial charge in [-0.15, -0.1) is 0 Å². The van der Waals surface area contributed by atoms with E-state index in [1.807, 2.05) is 36.6 Å². The molecule has 0 aliphatic rings. The molecule has 0 unspecified atom stereocenters. The molecule has 1 N–H and O–H groups in total. The van der Waals surface area contributed by atoms with Crippen LogP contribution in [-0.4, -0.2) is 30.3 Å². The van der Waals surface area contributed by atoms with Crippen LogP contribution in [0, 0.1) is 6.92 Å². The molecule has 0 atom stereocenters. The fourth-order valence-corrected chi connectivity index (χ4v) is 2.66. The molecular formula is C17H20N2O2S. The topological polar surface area (TPSA) is 49.4 Å². The van der Waals surface area contributed by atoms with E-state index in [0.717, 1.165) is 5.56 Å². The van der Waals surface area contributed by atoms with E-state index in [4.69, 9.17) is 0 Å². The van der Waals surface area contributed by atoms with Gasteiger partial charge in [0.1, 0.15) is 0 Å². The predicted octanol–water partition coefficient (Wildman–Crippen LogP) is 2.84. The van der Waals surface area contributed by atoms with Crippen molar-refractivity contribution in [2.75, 3.05) is 13.6 Å². The van der Waals surface area contributed by atoms with Gasteiger partial charge in [0, 0.05) is 37.5 Å². The number of carbonyl (C=O) groups is 2. The van der Waals surface area contributed by atoms with Gasteiger partial charge in [0.25, 0.3) is 5.91 Å². The summed E-state index contributed by atoms with van der Waals surface area (Å²) in [5, 5.41) is 6.41. The normalized spacial score (nSPS) is 10.3. The number of nitrogens with one attached hydrogen (secondary N) is 1. The Morgan fingerprint density at radius 3 is 2.55 bits per heavy atom. The van der Waals surface area contributed by atoms with Crippen molar-refractivity contribution in [3.05, 3.63) is 57.8 Å². The molecule has 0 saturated heterocycles. The molecule has 4 nitrogen and oxygen atoms in total. The zero-order valence-corrected chi connectivity index (χ0v) is 13.7. The van der Waals surface area contributed by atoms with Crippen molar-refractivity contribution in [1.82, 2.24) is 10.2 Å². The second kappa shape index (κ2) is 7.75. The quantitative estimate of drug-likeness (QED) is 0.891. The van der Waals surface area contributed by atoms with Gasteiger partial charge < -0.3 is 10.2 Å². The Balaban J connectivity index is 1.74. The van der Waals surface area contributed by atoms with Crippen molar-refractivity contribution < 1.29 is 9.59 Å². The summed E-state index contributed by atoms with van der Waals surface area (Å²) >= 11 is 1.48. The number of thiophene rings is 1. The van der Waals surface area contributed by atoms with Gasteiger partial charge in [0.2, 0.25) is 5.91 Å². The molecule has 1 aromatic carbocycles. The highest BCUT2D eigenvalue weighted by molar-refractivity contribution is 7.08. The number of rotatable bonds is 6. The Morgan fingerprint density at radius 1 is 1.18 bits per heavy atom. The molecule has 1 heterocycles. The van der Waals surface area contributed by atoms with Crippen LogP contribution in [-0.2, 0) is 11.3 Å². The van der Waals surface area contributed by atoms with E-state index in [1.54, 1.807) is 23.4 Å². The standard InChI is InChI=1S/C17H20N2O2S/c1-13-3-5-14(6-4-13)11-19(2)16(20)7-9-18-17(21)15-8-10-22-12-15/h3-6,8,10,12H,7,9,11H2,1-2H3,(H,18,21). The van der Waals surface area contributed by atoms with Crippen molar-refractivity contribution in [1.29, 1.82) is 0 Å². The maximum atomic E-state index is 12.1. The minimum Gasteiger partial charge on any atom is -0.351 e. The fourth-order valence-electron chi connectivity index (χ4n) is 2.03. The Labute approximate surface area is 134 Å². The SMILES string of the molecule is Cc1ccc(CN(C)C(=O)CCNC(=O)c2ccsc2)cc1. The van der Waals surface area contributed by atoms with E-state index in [2.05, 4.69) is 5.32 Å². The zero-order chi connectivity index (χ0) is 15.9. The molecule has 5 heteroatoms. The van der Waals surface area contributed by atoms with E-state index in [9.17, 15) is 9.59 Å². The Bertz CT molecular complexity index is 621. The number of benzene rings is 1. The maximum Gasteiger partial charge on any atom is 0.252 e. The van der Waals surface area contributed by atoms with Crippen LogP contribution in [0.5, 0.6) is 0 Å². The summed E-state index contributed by atoms with van der Waals surface area (Å²) in [5.41, 5.74) is 2.95. The van der Waals surface area contributed by atoms with E-state index in [1.165, 1.54) is 16.9 Å². The second-order valence-corrected chi connectivity index (χ2v) is 6.03. The molecule has 2 rings (SSSR count). The lowest BCUT2D eigenvalue weighted by molar-refractivity contribution is -0.130. The third-order valence-electron chi connectivity index (χ3n) is 3.37. The van der Waals surface area contributed by atoms with Gasteiger partial charge in [0.15, 0.2) is 0 Å². The monoisotopic (exact) mass is 316 g/mol. The van der Waals surface area contributed by atoms with Crippen LogP contribution >= 0.6 is 11.3 Å². The highest BCUT2D eigenvalue weighted by Crippen LogP contribution is 2.07. The smallest absolute Gasteiger partial charge is 0.252 e. The molecule has 0 aliphatic heterocycles. The molecule has 22 heavy (non-hydrogen) atoms. The van der Waals surface area contributed by atoms with Crippen molar-refractivity contribution in [3.63, 3.8) is 0 Å². The van der Waals surface area contributed by atoms with Crippen molar-refractivity contribution in [2.45, 2.75) is 19.9 Å². The summed E-state index contributed by atoms with van der Waals surface area (Å²) in [4.78, 5) is 25.5. The Hall–Kier alpha value is -2.14. The Kier molecular flexibility index (Phi) is 5.72. The van der Waals surface area contributed by atoms with Crippen molar-refractivity contribution >= 4 is 23.2 Å². The fraction of sp³-hybridized carbons (Fsp3) is 0.294. The molecular weight excluding hydrogens is 296 g/mol. The van der Waals surface area contributed by atoms with E-state index in [0.29, 0.717) is 25.1 Å². The van der Waals surface area contributed by atoms with Gasteiger partial charge in [-0.05, 0) is 23.9 Å². The van der Waals surface area contributed by atoms with Crippen LogP contribution in [0.15, 0.2) is 41.1 Å². The lowest BCUT2D eigenvalue weighted by Gasteiger charge is -2.17. The van der Waals surface area contributed by atoms with Gasteiger partial charge in [-0.2, -0.15) is 11.3 Å². The molecule has 0 radical (unpaired) electrons. The highest BCUT2D eigenvalue weighted by Gasteiger charge is 2.10. The second-order valence-electron chi connectivity index (χ2n) is 5.25. The summed E-state index contributed by atoms with van der Waals surface area (Å²) in [6.45, 7) is 2.97. The number of carbonyl (C=O) groups excluding carboxylic acids is 2. The molecule has 0 aliphatic carbocycles. The molecule has 0 spiro atoms. The van der Waals surface area contributed by atoms with Crippen LogP contribution in [0.3, 0.4) is 0 Å². The van der Waals surface area contributed by atoms with Crippen LogP contribution in [0.25, 0.3) is 0 Å². The summed E-state index contributed by atoms with van der Waals surface area (Å²) < 4.78 is 0. The van der Waals surface area contributed by atoms with Gasteiger partial charge in [-0.3, -0.25) is 9.59 Å². The number of aryl methyl sites for hydroxylation is 1. The van der Waals surface area contributed by atoms with E-state index in [-0.39, 0.29) is 11.8 Å². The molecule has 2 aromatic rings. The maximum absolute atomic E-state index is 12.1. The van der Waals surface area contributed by atoms with Gasteiger partial charge in [-0.25, -0.2) is 0 Å². The summed E-state index contributed by atoms with van der Waals surface area (Å²) in [6.07, 6.45) is 0.304. The Morgan fingerprint density at radius 2 is 1.91 bits per heavy atom. The van der Waals surface area contributed by atoms with Crippen LogP contribution in [0.1, 0.15) is 27.9 Å². The van der Waals surface area contributed by atoms with E-state index < -0.39 is 0 Å². The van der Waals surface area contributed by atoms with Crippen LogP contribution < -0.4 is 5.32 Å². The first-order chi connectivity index (χ1) is 10.6. The predicted molar refractivity (Wildman–Crippen MR) is 88.9 cm³/mol. The first-order valence-corrected chi connectivity index (χ1v) is 8.10. The summed E-state index contributed by atoms with van der Waals surface area (Å²) in [6, 6.07) is 9.89. The van der Waals surface area contributed by atoms with Crippen molar-refractivity contribution in [3.8, 4) is 0 Å². The van der Waals surface area contributed by atoms with Gasteiger partial charge in [-0.1, -0.05) is 29.8 Å². The number of nitrogens with zero attached hydrogens (tertiary/aromatic N) is 1. The lowest BCUT2D eigenvalue weighted by atomic mass is 10.1. The van der Waals surface area contributed by atoms with Crippen LogP contribution in [0.2, 0.25) is 0 Å². The number of hydrogen-bond donors (Lipinski definition) is 1. The first-order valence-electron chi connectivity index (χ1n) is 7.16. The third kappa shape index (κ3) is 4.70. The average Bonchev–Trinajstić information content (AvgIpc) is 3.03. The molecule has 0 bridgehead atoms. The highest BCUT2D eigenvalue weighted by atomic mass is 32.1. The molecule has 1 aromatic heterocycles. The number of hydrogen-bond acceptors (Lipinski definition) is 3. The number of amides is 2. The molecule has 116 valence electrons. The zero-order valence-electron chi connectivity index (χ0n) is 12.8. The van der Waals surface area contributed by atoms with Crippen molar-refractivity contribution in [2.24, 2.45) is 0 Å². The van der Waals surface area contributed by atoms with Gasteiger partial charge >= 0.3 is 0 Å². The summed E-state index contributed by atoms with van der Waals surface area (Å²) in [5.74, 6) is -0.110. The molecule has 0 fully saturated rings. The van der Waals surface area contributed by atoms with Crippen LogP contribution in [0.4, 0.5) is 0 Å². The first kappa shape index (κ1) is 16.2.